The maximum Gasteiger partial charge on any atom is 0.223 e. The maximum absolute atomic E-state index is 12.2. The van der Waals surface area contributed by atoms with E-state index in [9.17, 15) is 4.79 Å². The molecule has 1 aliphatic heterocycles. The van der Waals surface area contributed by atoms with E-state index in [4.69, 9.17) is 10.5 Å². The van der Waals surface area contributed by atoms with Crippen molar-refractivity contribution in [2.75, 3.05) is 20.3 Å². The van der Waals surface area contributed by atoms with Crippen LogP contribution in [0.4, 0.5) is 0 Å². The summed E-state index contributed by atoms with van der Waals surface area (Å²) >= 11 is 0. The second-order valence-corrected chi connectivity index (χ2v) is 5.49. The van der Waals surface area contributed by atoms with E-state index in [-0.39, 0.29) is 18.0 Å². The molecule has 4 nitrogen and oxygen atoms in total. The zero-order valence-corrected chi connectivity index (χ0v) is 12.3. The van der Waals surface area contributed by atoms with E-state index < -0.39 is 0 Å². The first kappa shape index (κ1) is 15.0. The summed E-state index contributed by atoms with van der Waals surface area (Å²) in [6.45, 7) is 3.44. The van der Waals surface area contributed by atoms with E-state index >= 15 is 0 Å². The Morgan fingerprint density at radius 2 is 2.05 bits per heavy atom. The summed E-state index contributed by atoms with van der Waals surface area (Å²) in [4.78, 5) is 14.1. The molecular weight excluding hydrogens is 252 g/mol. The first-order valence-electron chi connectivity index (χ1n) is 7.24. The average molecular weight is 276 g/mol. The van der Waals surface area contributed by atoms with Crippen LogP contribution in [0.3, 0.4) is 0 Å². The van der Waals surface area contributed by atoms with Crippen molar-refractivity contribution in [3.63, 3.8) is 0 Å². The van der Waals surface area contributed by atoms with E-state index in [0.717, 1.165) is 18.4 Å². The predicted octanol–water partition coefficient (Wildman–Crippen LogP) is 2.02. The molecule has 2 atom stereocenters. The van der Waals surface area contributed by atoms with Crippen LogP contribution in [0.25, 0.3) is 0 Å². The van der Waals surface area contributed by atoms with Gasteiger partial charge in [0, 0.05) is 32.7 Å². The molecule has 0 aliphatic carbocycles. The molecule has 0 bridgehead atoms. The number of carbonyl (C=O) groups excluding carboxylic acids is 1. The lowest BCUT2D eigenvalue weighted by Gasteiger charge is -2.40. The van der Waals surface area contributed by atoms with Crippen LogP contribution in [0, 0.1) is 6.92 Å². The number of hydrogen-bond acceptors (Lipinski definition) is 3. The van der Waals surface area contributed by atoms with Gasteiger partial charge in [0.15, 0.2) is 0 Å². The lowest BCUT2D eigenvalue weighted by atomic mass is 9.90. The Morgan fingerprint density at radius 1 is 1.35 bits per heavy atom. The molecule has 1 aromatic rings. The highest BCUT2D eigenvalue weighted by Crippen LogP contribution is 2.31. The van der Waals surface area contributed by atoms with Crippen molar-refractivity contribution in [2.24, 2.45) is 5.73 Å². The van der Waals surface area contributed by atoms with Crippen molar-refractivity contribution in [2.45, 2.75) is 38.3 Å². The molecular formula is C16H24N2O2. The smallest absolute Gasteiger partial charge is 0.223 e. The molecule has 1 aliphatic rings. The van der Waals surface area contributed by atoms with Crippen LogP contribution >= 0.6 is 0 Å². The van der Waals surface area contributed by atoms with Gasteiger partial charge in [-0.3, -0.25) is 4.79 Å². The molecule has 1 fully saturated rings. The Labute approximate surface area is 120 Å². The van der Waals surface area contributed by atoms with E-state index in [1.54, 1.807) is 7.11 Å². The van der Waals surface area contributed by atoms with Crippen LogP contribution in [-0.2, 0) is 9.53 Å². The highest BCUT2D eigenvalue weighted by molar-refractivity contribution is 5.78. The van der Waals surface area contributed by atoms with Crippen molar-refractivity contribution in [1.29, 1.82) is 0 Å². The minimum Gasteiger partial charge on any atom is -0.385 e. The van der Waals surface area contributed by atoms with Crippen LogP contribution < -0.4 is 5.73 Å². The van der Waals surface area contributed by atoms with E-state index in [2.05, 4.69) is 31.2 Å². The Balaban J connectivity index is 2.18. The van der Waals surface area contributed by atoms with Crippen LogP contribution in [-0.4, -0.2) is 37.1 Å². The lowest BCUT2D eigenvalue weighted by Crippen LogP contribution is -2.49. The Morgan fingerprint density at radius 3 is 2.70 bits per heavy atom. The Bertz CT molecular complexity index is 444. The van der Waals surface area contributed by atoms with Gasteiger partial charge in [-0.05, 0) is 25.3 Å². The van der Waals surface area contributed by atoms with Crippen LogP contribution in [0.15, 0.2) is 24.3 Å². The number of benzene rings is 1. The highest BCUT2D eigenvalue weighted by Gasteiger charge is 2.34. The van der Waals surface area contributed by atoms with E-state index in [0.29, 0.717) is 19.6 Å². The summed E-state index contributed by atoms with van der Waals surface area (Å²) in [5.41, 5.74) is 8.63. The third-order valence-electron chi connectivity index (χ3n) is 3.92. The maximum atomic E-state index is 12.2. The van der Waals surface area contributed by atoms with Crippen LogP contribution in [0.2, 0.25) is 0 Å². The van der Waals surface area contributed by atoms with Gasteiger partial charge >= 0.3 is 0 Å². The molecule has 0 aromatic heterocycles. The van der Waals surface area contributed by atoms with Crippen molar-refractivity contribution in [3.05, 3.63) is 35.4 Å². The van der Waals surface area contributed by atoms with E-state index in [1.807, 2.05) is 4.90 Å². The molecule has 20 heavy (non-hydrogen) atoms. The molecule has 2 N–H and O–H groups in total. The summed E-state index contributed by atoms with van der Waals surface area (Å²) in [7, 11) is 1.68. The van der Waals surface area contributed by atoms with Gasteiger partial charge in [0.25, 0.3) is 0 Å². The summed E-state index contributed by atoms with van der Waals surface area (Å²) in [5.74, 6) is 0.202. The summed E-state index contributed by atoms with van der Waals surface area (Å²) in [6, 6.07) is 8.33. The van der Waals surface area contributed by atoms with Gasteiger partial charge < -0.3 is 15.4 Å². The number of amides is 1. The molecule has 0 spiro atoms. The van der Waals surface area contributed by atoms with Crippen molar-refractivity contribution >= 4 is 5.91 Å². The minimum atomic E-state index is -0.00583. The number of piperidine rings is 1. The first-order chi connectivity index (χ1) is 9.63. The van der Waals surface area contributed by atoms with Crippen LogP contribution in [0.5, 0.6) is 0 Å². The number of nitrogens with zero attached hydrogens (tertiary/aromatic N) is 1. The molecule has 1 amide bonds. The molecule has 0 radical (unpaired) electrons. The number of ether oxygens (including phenoxy) is 1. The third-order valence-corrected chi connectivity index (χ3v) is 3.92. The summed E-state index contributed by atoms with van der Waals surface area (Å²) < 4.78 is 5.08. The number of nitrogens with two attached hydrogens (primary N) is 1. The van der Waals surface area contributed by atoms with Gasteiger partial charge in [-0.15, -0.1) is 0 Å². The fourth-order valence-electron chi connectivity index (χ4n) is 2.81. The van der Waals surface area contributed by atoms with Gasteiger partial charge in [0.05, 0.1) is 6.04 Å². The summed E-state index contributed by atoms with van der Waals surface area (Å²) in [6.07, 6.45) is 2.16. The van der Waals surface area contributed by atoms with Gasteiger partial charge in [-0.25, -0.2) is 0 Å². The quantitative estimate of drug-likeness (QED) is 0.837. The van der Waals surface area contributed by atoms with Crippen molar-refractivity contribution in [3.8, 4) is 0 Å². The number of methoxy groups -OCH3 is 1. The fourth-order valence-corrected chi connectivity index (χ4v) is 2.81. The van der Waals surface area contributed by atoms with E-state index in [1.165, 1.54) is 5.56 Å². The first-order valence-corrected chi connectivity index (χ1v) is 7.24. The molecule has 1 saturated heterocycles. The molecule has 110 valence electrons. The number of aryl methyl sites for hydroxylation is 1. The Kier molecular flexibility index (Phi) is 5.15. The molecule has 2 unspecified atom stereocenters. The molecule has 0 saturated carbocycles. The minimum absolute atomic E-state index is 0.00583. The second kappa shape index (κ2) is 6.86. The number of hydrogen-bond donors (Lipinski definition) is 1. The second-order valence-electron chi connectivity index (χ2n) is 5.49. The van der Waals surface area contributed by atoms with Crippen molar-refractivity contribution in [1.82, 2.24) is 4.90 Å². The van der Waals surface area contributed by atoms with Gasteiger partial charge in [-0.1, -0.05) is 29.8 Å². The SMILES string of the molecule is COCCCN1C(=O)CCC(N)C1c1ccc(C)cc1. The molecule has 1 heterocycles. The van der Waals surface area contributed by atoms with Crippen molar-refractivity contribution < 1.29 is 9.53 Å². The third kappa shape index (κ3) is 3.38. The topological polar surface area (TPSA) is 55.6 Å². The highest BCUT2D eigenvalue weighted by atomic mass is 16.5. The number of likely N-dealkylation sites (tertiary alicyclic amines) is 1. The zero-order chi connectivity index (χ0) is 14.5. The lowest BCUT2D eigenvalue weighted by molar-refractivity contribution is -0.137. The summed E-state index contributed by atoms with van der Waals surface area (Å²) in [5, 5.41) is 0. The fraction of sp³-hybridized carbons (Fsp3) is 0.562. The Hall–Kier alpha value is -1.39. The molecule has 4 heteroatoms. The largest absolute Gasteiger partial charge is 0.385 e. The molecule has 1 aromatic carbocycles. The van der Waals surface area contributed by atoms with Gasteiger partial charge in [0.1, 0.15) is 0 Å². The average Bonchev–Trinajstić information content (AvgIpc) is 2.44. The van der Waals surface area contributed by atoms with Gasteiger partial charge in [-0.2, -0.15) is 0 Å². The predicted molar refractivity (Wildman–Crippen MR) is 79.3 cm³/mol. The zero-order valence-electron chi connectivity index (χ0n) is 12.3. The van der Waals surface area contributed by atoms with Gasteiger partial charge in [0.2, 0.25) is 5.91 Å². The monoisotopic (exact) mass is 276 g/mol. The van der Waals surface area contributed by atoms with Crippen LogP contribution in [0.1, 0.15) is 36.4 Å². The normalized spacial score (nSPS) is 23.1. The number of carbonyl (C=O) groups is 1. The number of rotatable bonds is 5. The molecule has 2 rings (SSSR count). The standard InChI is InChI=1S/C16H24N2O2/c1-12-4-6-13(7-5-12)16-14(17)8-9-15(19)18(16)10-3-11-20-2/h4-7,14,16H,3,8-11,17H2,1-2H3.